The van der Waals surface area contributed by atoms with Gasteiger partial charge in [-0.3, -0.25) is 10.2 Å². The van der Waals surface area contributed by atoms with Crippen molar-refractivity contribution in [1.29, 1.82) is 0 Å². The number of carbonyl (C=O) groups is 1. The maximum Gasteiger partial charge on any atom is 0.257 e. The summed E-state index contributed by atoms with van der Waals surface area (Å²) in [7, 11) is 0. The van der Waals surface area contributed by atoms with Crippen LogP contribution in [0.5, 0.6) is 0 Å². The molecule has 5 N–H and O–H groups in total. The highest BCUT2D eigenvalue weighted by Crippen LogP contribution is 2.07. The molecule has 10 heteroatoms. The minimum absolute atomic E-state index is 0.0560. The van der Waals surface area contributed by atoms with Crippen LogP contribution in [0.1, 0.15) is 6.92 Å². The summed E-state index contributed by atoms with van der Waals surface area (Å²) in [6.45, 7) is 2.46. The van der Waals surface area contributed by atoms with Crippen molar-refractivity contribution in [2.24, 2.45) is 5.84 Å². The number of rotatable bonds is 6. The second-order valence-corrected chi connectivity index (χ2v) is 3.68. The van der Waals surface area contributed by atoms with Crippen molar-refractivity contribution in [3.05, 3.63) is 18.5 Å². The van der Waals surface area contributed by atoms with E-state index in [0.29, 0.717) is 6.54 Å². The number of nitrogens with zero attached hydrogens (tertiary/aromatic N) is 5. The molecule has 0 unspecified atom stereocenters. The molecule has 0 fully saturated rings. The fourth-order valence-electron chi connectivity index (χ4n) is 1.42. The molecule has 0 atom stereocenters. The molecule has 0 aliphatic rings. The summed E-state index contributed by atoms with van der Waals surface area (Å²) in [5.41, 5.74) is 2.34. The molecule has 0 saturated carbocycles. The molecule has 0 aliphatic carbocycles. The summed E-state index contributed by atoms with van der Waals surface area (Å²) < 4.78 is 1.46. The van der Waals surface area contributed by atoms with Crippen molar-refractivity contribution in [1.82, 2.24) is 30.0 Å². The van der Waals surface area contributed by atoms with Crippen molar-refractivity contribution in [2.75, 3.05) is 23.8 Å². The SMILES string of the molecule is CCNC(=O)CNc1nc(NN)nc(-n2cccn2)n1. The Balaban J connectivity index is 2.16. The van der Waals surface area contributed by atoms with Crippen LogP contribution in [0.3, 0.4) is 0 Å². The lowest BCUT2D eigenvalue weighted by Gasteiger charge is -2.08. The minimum Gasteiger partial charge on any atom is -0.355 e. The highest BCUT2D eigenvalue weighted by molar-refractivity contribution is 5.80. The van der Waals surface area contributed by atoms with Crippen LogP contribution in [0, 0.1) is 0 Å². The van der Waals surface area contributed by atoms with Crippen LogP contribution >= 0.6 is 0 Å². The van der Waals surface area contributed by atoms with Crippen molar-refractivity contribution < 1.29 is 4.79 Å². The fraction of sp³-hybridized carbons (Fsp3) is 0.300. The van der Waals surface area contributed by atoms with Crippen molar-refractivity contribution in [2.45, 2.75) is 6.92 Å². The number of hydrazine groups is 1. The Kier molecular flexibility index (Phi) is 4.39. The molecule has 0 aliphatic heterocycles. The Morgan fingerprint density at radius 3 is 2.80 bits per heavy atom. The number of hydrogen-bond donors (Lipinski definition) is 4. The summed E-state index contributed by atoms with van der Waals surface area (Å²) in [5, 5.41) is 9.47. The van der Waals surface area contributed by atoms with Gasteiger partial charge in [0, 0.05) is 18.9 Å². The Morgan fingerprint density at radius 2 is 2.15 bits per heavy atom. The van der Waals surface area contributed by atoms with Gasteiger partial charge in [0.25, 0.3) is 5.95 Å². The first-order valence-electron chi connectivity index (χ1n) is 5.96. The molecule has 106 valence electrons. The summed E-state index contributed by atoms with van der Waals surface area (Å²) in [4.78, 5) is 23.6. The van der Waals surface area contributed by atoms with E-state index in [-0.39, 0.29) is 30.3 Å². The third-order valence-corrected chi connectivity index (χ3v) is 2.24. The molecule has 2 rings (SSSR count). The molecule has 0 bridgehead atoms. The number of nitrogens with one attached hydrogen (secondary N) is 3. The second kappa shape index (κ2) is 6.43. The highest BCUT2D eigenvalue weighted by atomic mass is 16.1. The molecule has 0 spiro atoms. The van der Waals surface area contributed by atoms with Gasteiger partial charge in [0.1, 0.15) is 0 Å². The van der Waals surface area contributed by atoms with Gasteiger partial charge in [0.05, 0.1) is 6.54 Å². The van der Waals surface area contributed by atoms with E-state index in [1.165, 1.54) is 4.68 Å². The van der Waals surface area contributed by atoms with E-state index in [1.54, 1.807) is 18.5 Å². The average molecular weight is 277 g/mol. The maximum atomic E-state index is 11.4. The van der Waals surface area contributed by atoms with Crippen LogP contribution in [-0.2, 0) is 4.79 Å². The summed E-state index contributed by atoms with van der Waals surface area (Å²) in [6.07, 6.45) is 3.28. The Morgan fingerprint density at radius 1 is 1.35 bits per heavy atom. The standard InChI is InChI=1S/C10H15N9O/c1-2-12-7(20)6-13-8-15-9(18-11)17-10(16-8)19-5-3-4-14-19/h3-5H,2,6,11H2,1H3,(H,12,20)(H2,13,15,16,17,18). The number of anilines is 2. The molecular weight excluding hydrogens is 262 g/mol. The van der Waals surface area contributed by atoms with Crippen LogP contribution in [0.2, 0.25) is 0 Å². The van der Waals surface area contributed by atoms with Gasteiger partial charge in [-0.25, -0.2) is 10.5 Å². The molecule has 0 saturated heterocycles. The van der Waals surface area contributed by atoms with Crippen LogP contribution in [0.4, 0.5) is 11.9 Å². The van der Waals surface area contributed by atoms with E-state index >= 15 is 0 Å². The number of aromatic nitrogens is 5. The summed E-state index contributed by atoms with van der Waals surface area (Å²) in [6, 6.07) is 1.74. The molecule has 20 heavy (non-hydrogen) atoms. The predicted octanol–water partition coefficient (Wildman–Crippen LogP) is -1.11. The topological polar surface area (TPSA) is 136 Å². The fourth-order valence-corrected chi connectivity index (χ4v) is 1.42. The smallest absolute Gasteiger partial charge is 0.257 e. The van der Waals surface area contributed by atoms with E-state index in [0.717, 1.165) is 0 Å². The Bertz CT molecular complexity index is 568. The van der Waals surface area contributed by atoms with Crippen LogP contribution in [-0.4, -0.2) is 43.7 Å². The third kappa shape index (κ3) is 3.38. The van der Waals surface area contributed by atoms with E-state index < -0.39 is 0 Å². The quantitative estimate of drug-likeness (QED) is 0.385. The highest BCUT2D eigenvalue weighted by Gasteiger charge is 2.08. The van der Waals surface area contributed by atoms with E-state index in [9.17, 15) is 4.79 Å². The number of hydrogen-bond acceptors (Lipinski definition) is 8. The van der Waals surface area contributed by atoms with E-state index in [4.69, 9.17) is 5.84 Å². The average Bonchev–Trinajstić information content (AvgIpc) is 2.99. The largest absolute Gasteiger partial charge is 0.355 e. The molecule has 2 aromatic heterocycles. The van der Waals surface area contributed by atoms with Crippen molar-refractivity contribution in [3.8, 4) is 5.95 Å². The third-order valence-electron chi connectivity index (χ3n) is 2.24. The zero-order valence-corrected chi connectivity index (χ0v) is 10.9. The number of nitrogen functional groups attached to an aromatic ring is 1. The molecule has 10 nitrogen and oxygen atoms in total. The van der Waals surface area contributed by atoms with Crippen LogP contribution in [0.25, 0.3) is 5.95 Å². The predicted molar refractivity (Wildman–Crippen MR) is 71.9 cm³/mol. The zero-order chi connectivity index (χ0) is 14.4. The molecule has 2 heterocycles. The number of likely N-dealkylation sites (N-methyl/N-ethyl adjacent to an activating group) is 1. The summed E-state index contributed by atoms with van der Waals surface area (Å²) >= 11 is 0. The molecule has 0 aromatic carbocycles. The first-order chi connectivity index (χ1) is 9.72. The van der Waals surface area contributed by atoms with Gasteiger partial charge >= 0.3 is 0 Å². The molecular formula is C10H15N9O. The van der Waals surface area contributed by atoms with Gasteiger partial charge in [0.15, 0.2) is 0 Å². The second-order valence-electron chi connectivity index (χ2n) is 3.68. The minimum atomic E-state index is -0.157. The van der Waals surface area contributed by atoms with Gasteiger partial charge in [-0.05, 0) is 13.0 Å². The number of amides is 1. The lowest BCUT2D eigenvalue weighted by atomic mass is 10.5. The van der Waals surface area contributed by atoms with Gasteiger partial charge in [-0.2, -0.15) is 20.1 Å². The number of nitrogens with two attached hydrogens (primary N) is 1. The Hall–Kier alpha value is -2.75. The van der Waals surface area contributed by atoms with E-state index in [2.05, 4.69) is 36.1 Å². The monoisotopic (exact) mass is 277 g/mol. The van der Waals surface area contributed by atoms with Crippen LogP contribution in [0.15, 0.2) is 18.5 Å². The Labute approximate surface area is 114 Å². The zero-order valence-electron chi connectivity index (χ0n) is 10.9. The summed E-state index contributed by atoms with van der Waals surface area (Å²) in [5.74, 6) is 5.83. The van der Waals surface area contributed by atoms with Crippen LogP contribution < -0.4 is 21.9 Å². The maximum absolute atomic E-state index is 11.4. The van der Waals surface area contributed by atoms with Crippen molar-refractivity contribution >= 4 is 17.8 Å². The molecule has 2 aromatic rings. The van der Waals surface area contributed by atoms with Gasteiger partial charge in [-0.15, -0.1) is 0 Å². The first kappa shape index (κ1) is 13.7. The molecule has 1 amide bonds. The lowest BCUT2D eigenvalue weighted by Crippen LogP contribution is -2.30. The van der Waals surface area contributed by atoms with Gasteiger partial charge in [0.2, 0.25) is 17.8 Å². The van der Waals surface area contributed by atoms with Crippen molar-refractivity contribution in [3.63, 3.8) is 0 Å². The van der Waals surface area contributed by atoms with Gasteiger partial charge in [-0.1, -0.05) is 0 Å². The number of carbonyl (C=O) groups excluding carboxylic acids is 1. The molecule has 0 radical (unpaired) electrons. The van der Waals surface area contributed by atoms with E-state index in [1.807, 2.05) is 6.92 Å². The normalized spacial score (nSPS) is 10.1. The lowest BCUT2D eigenvalue weighted by molar-refractivity contribution is -0.119. The van der Waals surface area contributed by atoms with Gasteiger partial charge < -0.3 is 10.6 Å². The first-order valence-corrected chi connectivity index (χ1v) is 5.96.